The molecule has 1 atom stereocenters. The summed E-state index contributed by atoms with van der Waals surface area (Å²) in [6.07, 6.45) is 11.9. The van der Waals surface area contributed by atoms with Crippen molar-refractivity contribution in [3.05, 3.63) is 35.3 Å². The highest BCUT2D eigenvalue weighted by Gasteiger charge is 2.02. The van der Waals surface area contributed by atoms with E-state index in [0.717, 1.165) is 18.5 Å². The van der Waals surface area contributed by atoms with Crippen LogP contribution in [-0.4, -0.2) is 12.0 Å². The first kappa shape index (κ1) is 10.3. The maximum atomic E-state index is 10.6. The molecule has 1 nitrogen and oxygen atoms in total. The van der Waals surface area contributed by atoms with E-state index in [1.54, 1.807) is 0 Å². The first-order chi connectivity index (χ1) is 6.36. The fraction of sp³-hybridized carbons (Fsp3) is 0.364. The van der Waals surface area contributed by atoms with Gasteiger partial charge in [0.1, 0.15) is 6.29 Å². The van der Waals surface area contributed by atoms with Gasteiger partial charge in [-0.05, 0) is 17.1 Å². The first-order valence-corrected chi connectivity index (χ1v) is 5.47. The Balaban J connectivity index is 2.74. The number of hydrogen-bond donors (Lipinski definition) is 0. The maximum absolute atomic E-state index is 10.6. The smallest absolute Gasteiger partial charge is 0.130 e. The van der Waals surface area contributed by atoms with Gasteiger partial charge in [0.15, 0.2) is 0 Å². The van der Waals surface area contributed by atoms with Gasteiger partial charge in [-0.2, -0.15) is 0 Å². The Morgan fingerprint density at radius 1 is 1.62 bits per heavy atom. The number of carbonyl (C=O) groups excluding carboxylic acids is 1. The van der Waals surface area contributed by atoms with Gasteiger partial charge < -0.3 is 4.79 Å². The Hall–Kier alpha value is -0.760. The lowest BCUT2D eigenvalue weighted by atomic mass is 10.1. The molecule has 0 aromatic heterocycles. The number of aldehydes is 1. The molecule has 70 valence electrons. The van der Waals surface area contributed by atoms with Crippen molar-refractivity contribution in [3.8, 4) is 0 Å². The van der Waals surface area contributed by atoms with Crippen molar-refractivity contribution in [2.45, 2.75) is 13.3 Å². The van der Waals surface area contributed by atoms with Crippen LogP contribution in [0.3, 0.4) is 0 Å². The number of thioether (sulfide) groups is 1. The van der Waals surface area contributed by atoms with E-state index < -0.39 is 0 Å². The van der Waals surface area contributed by atoms with Crippen molar-refractivity contribution in [2.75, 3.05) is 5.75 Å². The van der Waals surface area contributed by atoms with Crippen LogP contribution in [-0.2, 0) is 4.79 Å². The molecule has 0 fully saturated rings. The van der Waals surface area contributed by atoms with Gasteiger partial charge in [0.2, 0.25) is 0 Å². The molecule has 0 spiro atoms. The van der Waals surface area contributed by atoms with Crippen molar-refractivity contribution in [3.63, 3.8) is 0 Å². The molecule has 0 aliphatic heterocycles. The van der Waals surface area contributed by atoms with E-state index >= 15 is 0 Å². The molecule has 0 N–H and O–H groups in total. The fourth-order valence-electron chi connectivity index (χ4n) is 1.17. The highest BCUT2D eigenvalue weighted by atomic mass is 32.2. The Kier molecular flexibility index (Phi) is 4.61. The zero-order chi connectivity index (χ0) is 9.52. The average molecular weight is 194 g/mol. The molecule has 0 saturated carbocycles. The van der Waals surface area contributed by atoms with Crippen LogP contribution in [0, 0.1) is 5.92 Å². The summed E-state index contributed by atoms with van der Waals surface area (Å²) < 4.78 is 0. The minimum atomic E-state index is -0.0426. The minimum absolute atomic E-state index is 0.0426. The predicted molar refractivity (Wildman–Crippen MR) is 58.7 cm³/mol. The van der Waals surface area contributed by atoms with E-state index in [-0.39, 0.29) is 5.92 Å². The molecule has 0 saturated heterocycles. The molecule has 0 amide bonds. The summed E-state index contributed by atoms with van der Waals surface area (Å²) in [4.78, 5) is 11.9. The highest BCUT2D eigenvalue weighted by molar-refractivity contribution is 8.03. The van der Waals surface area contributed by atoms with E-state index in [1.807, 2.05) is 36.1 Å². The van der Waals surface area contributed by atoms with Gasteiger partial charge in [-0.15, -0.1) is 11.8 Å². The van der Waals surface area contributed by atoms with Crippen LogP contribution < -0.4 is 0 Å². The minimum Gasteiger partial charge on any atom is -0.302 e. The molecule has 1 aliphatic carbocycles. The Morgan fingerprint density at radius 3 is 3.15 bits per heavy atom. The quantitative estimate of drug-likeness (QED) is 0.642. The predicted octanol–water partition coefficient (Wildman–Crippen LogP) is 2.95. The zero-order valence-electron chi connectivity index (χ0n) is 7.77. The molecular weight excluding hydrogens is 180 g/mol. The molecule has 1 rings (SSSR count). The Bertz CT molecular complexity index is 251. The molecule has 1 unspecified atom stereocenters. The topological polar surface area (TPSA) is 17.1 Å². The molecule has 0 bridgehead atoms. The third-order valence-electron chi connectivity index (χ3n) is 1.76. The van der Waals surface area contributed by atoms with Crippen LogP contribution in [0.2, 0.25) is 0 Å². The first-order valence-electron chi connectivity index (χ1n) is 4.49. The van der Waals surface area contributed by atoms with E-state index in [1.165, 1.54) is 4.91 Å². The third kappa shape index (κ3) is 3.64. The fourth-order valence-corrected chi connectivity index (χ4v) is 2.01. The van der Waals surface area contributed by atoms with E-state index in [4.69, 9.17) is 0 Å². The SMILES string of the molecule is CCS/C1=C/C(C=O)C=C/C=C\C1. The second-order valence-corrected chi connectivity index (χ2v) is 4.19. The largest absolute Gasteiger partial charge is 0.302 e. The highest BCUT2D eigenvalue weighted by Crippen LogP contribution is 2.22. The van der Waals surface area contributed by atoms with Gasteiger partial charge in [0.05, 0.1) is 5.92 Å². The lowest BCUT2D eigenvalue weighted by molar-refractivity contribution is -0.108. The van der Waals surface area contributed by atoms with Gasteiger partial charge in [0, 0.05) is 0 Å². The molecule has 0 aromatic rings. The standard InChI is InChI=1S/C11H14OS/c1-2-13-11-7-5-3-4-6-10(8-11)9-12/h3-6,8-10H,2,7H2,1H3/b5-3-,6-4?,11-8+. The number of rotatable bonds is 3. The van der Waals surface area contributed by atoms with Gasteiger partial charge in [-0.25, -0.2) is 0 Å². The lowest BCUT2D eigenvalue weighted by Gasteiger charge is -2.06. The second kappa shape index (κ2) is 5.81. The number of allylic oxidation sites excluding steroid dienone is 6. The normalized spacial score (nSPS) is 28.4. The lowest BCUT2D eigenvalue weighted by Crippen LogP contribution is -1.95. The van der Waals surface area contributed by atoms with Crippen LogP contribution in [0.5, 0.6) is 0 Å². The molecule has 0 radical (unpaired) electrons. The number of carbonyl (C=O) groups is 1. The summed E-state index contributed by atoms with van der Waals surface area (Å²) in [6.45, 7) is 2.12. The van der Waals surface area contributed by atoms with Gasteiger partial charge >= 0.3 is 0 Å². The van der Waals surface area contributed by atoms with Crippen LogP contribution in [0.4, 0.5) is 0 Å². The second-order valence-electron chi connectivity index (χ2n) is 2.80. The van der Waals surface area contributed by atoms with Crippen molar-refractivity contribution in [1.82, 2.24) is 0 Å². The van der Waals surface area contributed by atoms with Gasteiger partial charge in [-0.3, -0.25) is 0 Å². The van der Waals surface area contributed by atoms with Crippen LogP contribution in [0.25, 0.3) is 0 Å². The molecule has 2 heteroatoms. The summed E-state index contributed by atoms with van der Waals surface area (Å²) in [6, 6.07) is 0. The molecule has 0 heterocycles. The summed E-state index contributed by atoms with van der Waals surface area (Å²) in [5.74, 6) is 1.02. The number of hydrogen-bond acceptors (Lipinski definition) is 2. The summed E-state index contributed by atoms with van der Waals surface area (Å²) in [5.41, 5.74) is 0. The summed E-state index contributed by atoms with van der Waals surface area (Å²) >= 11 is 1.81. The van der Waals surface area contributed by atoms with Gasteiger partial charge in [-0.1, -0.05) is 37.3 Å². The molecular formula is C11H14OS. The van der Waals surface area contributed by atoms with Crippen molar-refractivity contribution >= 4 is 18.0 Å². The Labute approximate surface area is 83.6 Å². The average Bonchev–Trinajstić information content (AvgIpc) is 2.09. The third-order valence-corrected chi connectivity index (χ3v) is 2.73. The zero-order valence-corrected chi connectivity index (χ0v) is 8.59. The maximum Gasteiger partial charge on any atom is 0.130 e. The summed E-state index contributed by atoms with van der Waals surface area (Å²) in [7, 11) is 0. The Morgan fingerprint density at radius 2 is 2.46 bits per heavy atom. The van der Waals surface area contributed by atoms with Crippen molar-refractivity contribution < 1.29 is 4.79 Å². The van der Waals surface area contributed by atoms with E-state index in [2.05, 4.69) is 13.0 Å². The summed E-state index contributed by atoms with van der Waals surface area (Å²) in [5, 5.41) is 0. The monoisotopic (exact) mass is 194 g/mol. The van der Waals surface area contributed by atoms with Crippen molar-refractivity contribution in [2.24, 2.45) is 5.92 Å². The van der Waals surface area contributed by atoms with E-state index in [0.29, 0.717) is 0 Å². The van der Waals surface area contributed by atoms with Crippen LogP contribution in [0.15, 0.2) is 35.3 Å². The van der Waals surface area contributed by atoms with Crippen LogP contribution >= 0.6 is 11.8 Å². The molecule has 0 aromatic carbocycles. The van der Waals surface area contributed by atoms with Crippen molar-refractivity contribution in [1.29, 1.82) is 0 Å². The molecule has 13 heavy (non-hydrogen) atoms. The van der Waals surface area contributed by atoms with Crippen LogP contribution in [0.1, 0.15) is 13.3 Å². The molecule has 1 aliphatic rings. The van der Waals surface area contributed by atoms with E-state index in [9.17, 15) is 4.79 Å². The van der Waals surface area contributed by atoms with Gasteiger partial charge in [0.25, 0.3) is 0 Å².